The van der Waals surface area contributed by atoms with E-state index in [1.165, 1.54) is 0 Å². The molecule has 3 nitrogen and oxygen atoms in total. The molecule has 0 saturated heterocycles. The van der Waals surface area contributed by atoms with Crippen molar-refractivity contribution in [2.75, 3.05) is 12.3 Å². The molecular weight excluding hydrogens is 236 g/mol. The third-order valence-electron chi connectivity index (χ3n) is 2.33. The summed E-state index contributed by atoms with van der Waals surface area (Å²) in [5.74, 6) is -0.0377. The molecule has 0 radical (unpaired) electrons. The summed E-state index contributed by atoms with van der Waals surface area (Å²) in [6.45, 7) is 7.17. The summed E-state index contributed by atoms with van der Waals surface area (Å²) in [5.41, 5.74) is 7.12. The number of anilines is 1. The topological polar surface area (TPSA) is 55.1 Å². The molecule has 4 heteroatoms. The molecule has 0 fully saturated rings. The normalized spacial score (nSPS) is 10.5. The molecule has 1 aromatic carbocycles. The van der Waals surface area contributed by atoms with Crippen molar-refractivity contribution in [3.05, 3.63) is 29.8 Å². The molecule has 3 N–H and O–H groups in total. The fraction of sp³-hybridized carbons (Fsp3) is 0.462. The van der Waals surface area contributed by atoms with E-state index in [-0.39, 0.29) is 23.7 Å². The minimum absolute atomic E-state index is 0. The quantitative estimate of drug-likeness (QED) is 0.817. The Hall–Kier alpha value is -1.22. The Bertz CT molecular complexity index is 355. The van der Waals surface area contributed by atoms with Crippen LogP contribution in [-0.4, -0.2) is 12.5 Å². The van der Waals surface area contributed by atoms with Crippen molar-refractivity contribution in [1.29, 1.82) is 0 Å². The first-order valence-corrected chi connectivity index (χ1v) is 5.52. The first kappa shape index (κ1) is 15.8. The number of nitrogens with two attached hydrogens (primary N) is 1. The van der Waals surface area contributed by atoms with Gasteiger partial charge in [-0.05, 0) is 36.1 Å². The summed E-state index contributed by atoms with van der Waals surface area (Å²) in [7, 11) is 0. The molecule has 0 aromatic heterocycles. The number of carbonyl (C=O) groups is 1. The molecule has 1 aromatic rings. The lowest BCUT2D eigenvalue weighted by Gasteiger charge is -2.18. The smallest absolute Gasteiger partial charge is 0.251 e. The number of benzene rings is 1. The van der Waals surface area contributed by atoms with Gasteiger partial charge >= 0.3 is 0 Å². The monoisotopic (exact) mass is 256 g/mol. The standard InChI is InChI=1S/C13H20N2O.ClH/c1-13(2,3)8-9-15-12(16)10-4-6-11(14)7-5-10;/h4-7H,8-9,14H2,1-3H3,(H,15,16);1H. The van der Waals surface area contributed by atoms with Gasteiger partial charge in [0, 0.05) is 17.8 Å². The highest BCUT2D eigenvalue weighted by Gasteiger charge is 2.11. The van der Waals surface area contributed by atoms with Crippen LogP contribution >= 0.6 is 12.4 Å². The Kier molecular flexibility index (Phi) is 6.03. The molecule has 0 saturated carbocycles. The predicted octanol–water partition coefficient (Wildman–Crippen LogP) is 2.86. The molecule has 0 spiro atoms. The van der Waals surface area contributed by atoms with Gasteiger partial charge in [-0.15, -0.1) is 12.4 Å². The van der Waals surface area contributed by atoms with Gasteiger partial charge in [-0.25, -0.2) is 0 Å². The number of hydrogen-bond donors (Lipinski definition) is 2. The van der Waals surface area contributed by atoms with E-state index in [1.54, 1.807) is 24.3 Å². The van der Waals surface area contributed by atoms with E-state index in [0.717, 1.165) is 6.42 Å². The minimum Gasteiger partial charge on any atom is -0.399 e. The number of carbonyl (C=O) groups excluding carboxylic acids is 1. The van der Waals surface area contributed by atoms with Crippen molar-refractivity contribution in [3.8, 4) is 0 Å². The zero-order valence-corrected chi connectivity index (χ0v) is 11.4. The van der Waals surface area contributed by atoms with Gasteiger partial charge in [0.05, 0.1) is 0 Å². The van der Waals surface area contributed by atoms with Gasteiger partial charge < -0.3 is 11.1 Å². The maximum absolute atomic E-state index is 11.7. The predicted molar refractivity (Wildman–Crippen MR) is 74.5 cm³/mol. The van der Waals surface area contributed by atoms with Gasteiger partial charge in [-0.2, -0.15) is 0 Å². The molecular formula is C13H21ClN2O. The molecule has 17 heavy (non-hydrogen) atoms. The highest BCUT2D eigenvalue weighted by Crippen LogP contribution is 2.17. The summed E-state index contributed by atoms with van der Waals surface area (Å²) >= 11 is 0. The Labute approximate surface area is 109 Å². The van der Waals surface area contributed by atoms with Crippen LogP contribution in [0.1, 0.15) is 37.6 Å². The summed E-state index contributed by atoms with van der Waals surface area (Å²) in [5, 5.41) is 2.90. The second-order valence-electron chi connectivity index (χ2n) is 5.19. The van der Waals surface area contributed by atoms with Crippen LogP contribution in [-0.2, 0) is 0 Å². The van der Waals surface area contributed by atoms with Crippen molar-refractivity contribution < 1.29 is 4.79 Å². The summed E-state index contributed by atoms with van der Waals surface area (Å²) in [4.78, 5) is 11.7. The third-order valence-corrected chi connectivity index (χ3v) is 2.33. The van der Waals surface area contributed by atoms with E-state index in [9.17, 15) is 4.79 Å². The van der Waals surface area contributed by atoms with Crippen LogP contribution in [0.3, 0.4) is 0 Å². The van der Waals surface area contributed by atoms with E-state index in [1.807, 2.05) is 0 Å². The average Bonchev–Trinajstić information content (AvgIpc) is 2.16. The molecule has 1 amide bonds. The molecule has 96 valence electrons. The Morgan fingerprint density at radius 3 is 2.24 bits per heavy atom. The van der Waals surface area contributed by atoms with Crippen molar-refractivity contribution >= 4 is 24.0 Å². The number of rotatable bonds is 3. The Morgan fingerprint density at radius 2 is 1.76 bits per heavy atom. The minimum atomic E-state index is -0.0377. The van der Waals surface area contributed by atoms with E-state index in [0.29, 0.717) is 17.8 Å². The molecule has 0 aliphatic carbocycles. The molecule has 0 aliphatic heterocycles. The Balaban J connectivity index is 0.00000256. The lowest BCUT2D eigenvalue weighted by molar-refractivity contribution is 0.0949. The van der Waals surface area contributed by atoms with E-state index >= 15 is 0 Å². The highest BCUT2D eigenvalue weighted by atomic mass is 35.5. The van der Waals surface area contributed by atoms with Crippen LogP contribution in [0.5, 0.6) is 0 Å². The summed E-state index contributed by atoms with van der Waals surface area (Å²) < 4.78 is 0. The first-order chi connectivity index (χ1) is 7.38. The van der Waals surface area contributed by atoms with Crippen molar-refractivity contribution in [1.82, 2.24) is 5.32 Å². The highest BCUT2D eigenvalue weighted by molar-refractivity contribution is 5.94. The molecule has 0 unspecified atom stereocenters. The van der Waals surface area contributed by atoms with Gasteiger partial charge in [-0.3, -0.25) is 4.79 Å². The van der Waals surface area contributed by atoms with Crippen LogP contribution in [0.2, 0.25) is 0 Å². The average molecular weight is 257 g/mol. The van der Waals surface area contributed by atoms with Crippen molar-refractivity contribution in [2.24, 2.45) is 5.41 Å². The van der Waals surface area contributed by atoms with Crippen molar-refractivity contribution in [3.63, 3.8) is 0 Å². The summed E-state index contributed by atoms with van der Waals surface area (Å²) in [6, 6.07) is 6.95. The molecule has 0 atom stereocenters. The molecule has 0 aliphatic rings. The van der Waals surface area contributed by atoms with Gasteiger partial charge in [0.2, 0.25) is 0 Å². The fourth-order valence-electron chi connectivity index (χ4n) is 1.29. The number of nitrogens with one attached hydrogen (secondary N) is 1. The maximum Gasteiger partial charge on any atom is 0.251 e. The lowest BCUT2D eigenvalue weighted by atomic mass is 9.92. The van der Waals surface area contributed by atoms with Gasteiger partial charge in [0.25, 0.3) is 5.91 Å². The maximum atomic E-state index is 11.7. The van der Waals surface area contributed by atoms with Crippen LogP contribution in [0, 0.1) is 5.41 Å². The third kappa shape index (κ3) is 6.17. The zero-order valence-electron chi connectivity index (χ0n) is 10.6. The second kappa shape index (κ2) is 6.50. The first-order valence-electron chi connectivity index (χ1n) is 5.52. The van der Waals surface area contributed by atoms with Gasteiger partial charge in [-0.1, -0.05) is 20.8 Å². The van der Waals surface area contributed by atoms with Crippen LogP contribution in [0.25, 0.3) is 0 Å². The van der Waals surface area contributed by atoms with E-state index < -0.39 is 0 Å². The van der Waals surface area contributed by atoms with Crippen LogP contribution in [0.4, 0.5) is 5.69 Å². The van der Waals surface area contributed by atoms with Gasteiger partial charge in [0.15, 0.2) is 0 Å². The van der Waals surface area contributed by atoms with E-state index in [2.05, 4.69) is 26.1 Å². The molecule has 0 heterocycles. The number of halogens is 1. The SMILES string of the molecule is CC(C)(C)CCNC(=O)c1ccc(N)cc1.Cl. The van der Waals surface area contributed by atoms with Crippen LogP contribution in [0.15, 0.2) is 24.3 Å². The molecule has 1 rings (SSSR count). The largest absolute Gasteiger partial charge is 0.399 e. The van der Waals surface area contributed by atoms with E-state index in [4.69, 9.17) is 5.73 Å². The summed E-state index contributed by atoms with van der Waals surface area (Å²) in [6.07, 6.45) is 0.966. The lowest BCUT2D eigenvalue weighted by Crippen LogP contribution is -2.27. The van der Waals surface area contributed by atoms with Gasteiger partial charge in [0.1, 0.15) is 0 Å². The van der Waals surface area contributed by atoms with Crippen LogP contribution < -0.4 is 11.1 Å². The second-order valence-corrected chi connectivity index (χ2v) is 5.19. The number of nitrogen functional groups attached to an aromatic ring is 1. The number of hydrogen-bond acceptors (Lipinski definition) is 2. The zero-order chi connectivity index (χ0) is 12.2. The fourth-order valence-corrected chi connectivity index (χ4v) is 1.29. The molecule has 0 bridgehead atoms. The number of amides is 1. The van der Waals surface area contributed by atoms with Crippen molar-refractivity contribution in [2.45, 2.75) is 27.2 Å². The Morgan fingerprint density at radius 1 is 1.24 bits per heavy atom.